The number of rotatable bonds is 4. The Bertz CT molecular complexity index is 616. The van der Waals surface area contributed by atoms with Gasteiger partial charge in [-0.25, -0.2) is 13.2 Å². The van der Waals surface area contributed by atoms with Crippen LogP contribution in [0.15, 0.2) is 40.9 Å². The van der Waals surface area contributed by atoms with E-state index in [1.54, 1.807) is 12.1 Å². The van der Waals surface area contributed by atoms with Gasteiger partial charge in [0.1, 0.15) is 5.82 Å². The molecule has 0 fully saturated rings. The van der Waals surface area contributed by atoms with Gasteiger partial charge in [0.25, 0.3) is 0 Å². The quantitative estimate of drug-likeness (QED) is 0.888. The van der Waals surface area contributed by atoms with Gasteiger partial charge in [-0.15, -0.1) is 0 Å². The number of benzene rings is 2. The smallest absolute Gasteiger partial charge is 0.162 e. The fraction of sp³-hybridized carbons (Fsp3) is 0.200. The molecule has 0 aromatic heterocycles. The van der Waals surface area contributed by atoms with Crippen LogP contribution in [0.1, 0.15) is 11.1 Å². The molecule has 0 saturated carbocycles. The Morgan fingerprint density at radius 3 is 2.35 bits per heavy atom. The van der Waals surface area contributed by atoms with Crippen molar-refractivity contribution in [2.24, 2.45) is 0 Å². The van der Waals surface area contributed by atoms with E-state index in [1.807, 2.05) is 0 Å². The van der Waals surface area contributed by atoms with Gasteiger partial charge in [-0.2, -0.15) is 0 Å². The van der Waals surface area contributed by atoms with Crippen LogP contribution < -0.4 is 0 Å². The lowest BCUT2D eigenvalue weighted by Crippen LogP contribution is -2.16. The molecule has 0 spiro atoms. The van der Waals surface area contributed by atoms with Crippen molar-refractivity contribution in [2.45, 2.75) is 18.9 Å². The Balaban J connectivity index is 2.09. The molecule has 106 valence electrons. The number of aliphatic hydroxyl groups excluding tert-OH is 1. The molecule has 0 aliphatic heterocycles. The average molecular weight is 345 g/mol. The molecule has 0 amide bonds. The maximum Gasteiger partial charge on any atom is 0.162 e. The van der Waals surface area contributed by atoms with Gasteiger partial charge in [0.15, 0.2) is 11.6 Å². The first-order chi connectivity index (χ1) is 9.47. The second kappa shape index (κ2) is 6.41. The SMILES string of the molecule is OC(Cc1ccc(Br)cc1F)Cc1cccc(F)c1F. The molecule has 0 heterocycles. The van der Waals surface area contributed by atoms with Crippen molar-refractivity contribution in [1.29, 1.82) is 0 Å². The van der Waals surface area contributed by atoms with Gasteiger partial charge in [0.05, 0.1) is 6.10 Å². The summed E-state index contributed by atoms with van der Waals surface area (Å²) in [4.78, 5) is 0. The summed E-state index contributed by atoms with van der Waals surface area (Å²) in [5.74, 6) is -2.37. The van der Waals surface area contributed by atoms with Crippen LogP contribution in [0, 0.1) is 17.5 Å². The number of hydrogen-bond acceptors (Lipinski definition) is 1. The Morgan fingerprint density at radius 1 is 0.950 bits per heavy atom. The molecule has 2 aromatic rings. The summed E-state index contributed by atoms with van der Waals surface area (Å²) < 4.78 is 40.7. The summed E-state index contributed by atoms with van der Waals surface area (Å²) in [5, 5.41) is 9.90. The molecule has 0 bridgehead atoms. The third-order valence-electron chi connectivity index (χ3n) is 2.96. The molecular weight excluding hydrogens is 333 g/mol. The molecular formula is C15H12BrF3O. The van der Waals surface area contributed by atoms with Crippen LogP contribution >= 0.6 is 15.9 Å². The van der Waals surface area contributed by atoms with Crippen molar-refractivity contribution in [1.82, 2.24) is 0 Å². The lowest BCUT2D eigenvalue weighted by Gasteiger charge is -2.12. The van der Waals surface area contributed by atoms with E-state index in [1.165, 1.54) is 18.2 Å². The van der Waals surface area contributed by atoms with E-state index in [4.69, 9.17) is 0 Å². The number of hydrogen-bond donors (Lipinski definition) is 1. The maximum atomic E-state index is 13.6. The summed E-state index contributed by atoms with van der Waals surface area (Å²) >= 11 is 3.14. The highest BCUT2D eigenvalue weighted by Crippen LogP contribution is 2.19. The van der Waals surface area contributed by atoms with Crippen LogP contribution in [0.25, 0.3) is 0 Å². The highest BCUT2D eigenvalue weighted by molar-refractivity contribution is 9.10. The first kappa shape index (κ1) is 15.1. The lowest BCUT2D eigenvalue weighted by molar-refractivity contribution is 0.172. The highest BCUT2D eigenvalue weighted by Gasteiger charge is 2.14. The zero-order valence-electron chi connectivity index (χ0n) is 10.4. The molecule has 2 aromatic carbocycles. The predicted molar refractivity (Wildman–Crippen MR) is 73.9 cm³/mol. The second-order valence-electron chi connectivity index (χ2n) is 4.51. The predicted octanol–water partition coefficient (Wildman–Crippen LogP) is 4.01. The summed E-state index contributed by atoms with van der Waals surface area (Å²) in [6.45, 7) is 0. The zero-order valence-corrected chi connectivity index (χ0v) is 12.0. The van der Waals surface area contributed by atoms with Crippen LogP contribution in [0.5, 0.6) is 0 Å². The van der Waals surface area contributed by atoms with Crippen LogP contribution in [-0.4, -0.2) is 11.2 Å². The van der Waals surface area contributed by atoms with E-state index in [2.05, 4.69) is 15.9 Å². The lowest BCUT2D eigenvalue weighted by atomic mass is 10.0. The first-order valence-corrected chi connectivity index (χ1v) is 6.81. The standard InChI is InChI=1S/C15H12BrF3O/c16-11-5-4-9(14(18)8-11)6-12(20)7-10-2-1-3-13(17)15(10)19/h1-5,8,12,20H,6-7H2. The minimum Gasteiger partial charge on any atom is -0.392 e. The van der Waals surface area contributed by atoms with Gasteiger partial charge in [-0.3, -0.25) is 0 Å². The van der Waals surface area contributed by atoms with E-state index in [0.29, 0.717) is 10.0 Å². The molecule has 1 atom stereocenters. The molecule has 5 heteroatoms. The van der Waals surface area contributed by atoms with Crippen LogP contribution in [0.2, 0.25) is 0 Å². The first-order valence-electron chi connectivity index (χ1n) is 6.02. The van der Waals surface area contributed by atoms with E-state index >= 15 is 0 Å². The molecule has 2 rings (SSSR count). The van der Waals surface area contributed by atoms with Crippen molar-refractivity contribution >= 4 is 15.9 Å². The largest absolute Gasteiger partial charge is 0.392 e. The van der Waals surface area contributed by atoms with Gasteiger partial charge in [-0.1, -0.05) is 34.1 Å². The van der Waals surface area contributed by atoms with Gasteiger partial charge in [0, 0.05) is 17.3 Å². The summed E-state index contributed by atoms with van der Waals surface area (Å²) in [7, 11) is 0. The van der Waals surface area contributed by atoms with E-state index in [0.717, 1.165) is 6.07 Å². The molecule has 1 N–H and O–H groups in total. The van der Waals surface area contributed by atoms with Crippen LogP contribution in [-0.2, 0) is 12.8 Å². The number of aliphatic hydroxyl groups is 1. The van der Waals surface area contributed by atoms with Crippen LogP contribution in [0.4, 0.5) is 13.2 Å². The molecule has 1 unspecified atom stereocenters. The van der Waals surface area contributed by atoms with Gasteiger partial charge in [-0.05, 0) is 29.3 Å². The van der Waals surface area contributed by atoms with Gasteiger partial charge >= 0.3 is 0 Å². The van der Waals surface area contributed by atoms with E-state index < -0.39 is 23.6 Å². The second-order valence-corrected chi connectivity index (χ2v) is 5.43. The molecule has 0 radical (unpaired) electrons. The zero-order chi connectivity index (χ0) is 14.7. The fourth-order valence-corrected chi connectivity index (χ4v) is 2.31. The molecule has 0 aliphatic rings. The highest BCUT2D eigenvalue weighted by atomic mass is 79.9. The van der Waals surface area contributed by atoms with Crippen molar-refractivity contribution < 1.29 is 18.3 Å². The minimum atomic E-state index is -0.984. The normalized spacial score (nSPS) is 12.4. The third kappa shape index (κ3) is 3.61. The van der Waals surface area contributed by atoms with Crippen LogP contribution in [0.3, 0.4) is 0 Å². The Morgan fingerprint density at radius 2 is 1.65 bits per heavy atom. The minimum absolute atomic E-state index is 0.0368. The average Bonchev–Trinajstić information content (AvgIpc) is 2.38. The topological polar surface area (TPSA) is 20.2 Å². The van der Waals surface area contributed by atoms with Gasteiger partial charge in [0.2, 0.25) is 0 Å². The van der Waals surface area contributed by atoms with Crippen molar-refractivity contribution in [3.63, 3.8) is 0 Å². The third-order valence-corrected chi connectivity index (χ3v) is 3.45. The van der Waals surface area contributed by atoms with Crippen molar-refractivity contribution in [2.75, 3.05) is 0 Å². The Kier molecular flexibility index (Phi) is 4.83. The molecule has 0 saturated heterocycles. The molecule has 1 nitrogen and oxygen atoms in total. The molecule has 0 aliphatic carbocycles. The summed E-state index contributed by atoms with van der Waals surface area (Å²) in [6.07, 6.45) is -1.02. The number of halogens is 4. The van der Waals surface area contributed by atoms with E-state index in [-0.39, 0.29) is 18.4 Å². The molecule has 20 heavy (non-hydrogen) atoms. The Hall–Kier alpha value is -1.33. The summed E-state index contributed by atoms with van der Waals surface area (Å²) in [5.41, 5.74) is 0.410. The van der Waals surface area contributed by atoms with Gasteiger partial charge < -0.3 is 5.11 Å². The van der Waals surface area contributed by atoms with Crippen molar-refractivity contribution in [3.05, 3.63) is 69.4 Å². The maximum absolute atomic E-state index is 13.6. The Labute approximate surface area is 123 Å². The summed E-state index contributed by atoms with van der Waals surface area (Å²) in [6, 6.07) is 8.29. The van der Waals surface area contributed by atoms with E-state index in [9.17, 15) is 18.3 Å². The fourth-order valence-electron chi connectivity index (χ4n) is 1.97. The monoisotopic (exact) mass is 344 g/mol. The van der Waals surface area contributed by atoms with Crippen molar-refractivity contribution in [3.8, 4) is 0 Å².